The van der Waals surface area contributed by atoms with Gasteiger partial charge in [-0.25, -0.2) is 0 Å². The van der Waals surface area contributed by atoms with Crippen LogP contribution in [0.4, 0.5) is 0 Å². The second kappa shape index (κ2) is 4.96. The average Bonchev–Trinajstić information content (AvgIpc) is 2.50. The maximum atomic E-state index is 12.6. The molecule has 5 nitrogen and oxygen atoms in total. The van der Waals surface area contributed by atoms with Crippen molar-refractivity contribution < 1.29 is 24.6 Å². The van der Waals surface area contributed by atoms with Crippen molar-refractivity contribution in [2.45, 2.75) is 0 Å². The van der Waals surface area contributed by atoms with E-state index in [-0.39, 0.29) is 28.0 Å². The number of fused-ring (bicyclic) bond motifs is 1. The Morgan fingerprint density at radius 1 is 0.955 bits per heavy atom. The van der Waals surface area contributed by atoms with Crippen LogP contribution in [-0.2, 0) is 0 Å². The Morgan fingerprint density at radius 3 is 2.41 bits per heavy atom. The first-order valence-corrected chi connectivity index (χ1v) is 6.44. The van der Waals surface area contributed by atoms with Crippen molar-refractivity contribution in [2.24, 2.45) is 0 Å². The number of hydrogen-bond acceptors (Lipinski definition) is 5. The van der Waals surface area contributed by atoms with Crippen LogP contribution >= 0.6 is 0 Å². The van der Waals surface area contributed by atoms with Gasteiger partial charge in [0.2, 0.25) is 0 Å². The van der Waals surface area contributed by atoms with Crippen molar-refractivity contribution in [1.29, 1.82) is 0 Å². The van der Waals surface area contributed by atoms with Gasteiger partial charge >= 0.3 is 0 Å². The molecule has 0 bridgehead atoms. The topological polar surface area (TPSA) is 91.7 Å². The summed E-state index contributed by atoms with van der Waals surface area (Å²) in [4.78, 5) is 35.9. The number of aldehydes is 1. The molecule has 2 N–H and O–H groups in total. The van der Waals surface area contributed by atoms with Crippen molar-refractivity contribution >= 4 is 23.4 Å². The van der Waals surface area contributed by atoms with E-state index in [9.17, 15) is 24.6 Å². The summed E-state index contributed by atoms with van der Waals surface area (Å²) in [6.07, 6.45) is 1.70. The molecule has 0 atom stereocenters. The van der Waals surface area contributed by atoms with Crippen LogP contribution in [0.1, 0.15) is 36.6 Å². The molecule has 0 fully saturated rings. The van der Waals surface area contributed by atoms with E-state index in [1.165, 1.54) is 6.07 Å². The van der Waals surface area contributed by atoms with Gasteiger partial charge in [0.05, 0.1) is 5.56 Å². The fourth-order valence-corrected chi connectivity index (χ4v) is 2.51. The van der Waals surface area contributed by atoms with Gasteiger partial charge < -0.3 is 10.2 Å². The van der Waals surface area contributed by atoms with Crippen LogP contribution in [0.15, 0.2) is 42.5 Å². The number of ketones is 2. The normalized spacial score (nSPS) is 13.5. The van der Waals surface area contributed by atoms with Gasteiger partial charge in [-0.3, -0.25) is 14.4 Å². The highest BCUT2D eigenvalue weighted by Crippen LogP contribution is 2.35. The Labute approximate surface area is 125 Å². The number of carbonyl (C=O) groups is 3. The lowest BCUT2D eigenvalue weighted by Crippen LogP contribution is -2.17. The first kappa shape index (κ1) is 13.8. The summed E-state index contributed by atoms with van der Waals surface area (Å²) in [5, 5.41) is 19.3. The van der Waals surface area contributed by atoms with Crippen LogP contribution in [0, 0.1) is 0 Å². The van der Waals surface area contributed by atoms with Crippen molar-refractivity contribution in [2.75, 3.05) is 0 Å². The Bertz CT molecular complexity index is 861. The predicted octanol–water partition coefficient (Wildman–Crippen LogP) is 2.37. The molecular formula is C17H10O5. The van der Waals surface area contributed by atoms with Crippen LogP contribution in [-0.4, -0.2) is 28.1 Å². The minimum atomic E-state index is -0.553. The smallest absolute Gasteiger partial charge is 0.194 e. The van der Waals surface area contributed by atoms with Crippen molar-refractivity contribution in [3.8, 4) is 11.5 Å². The van der Waals surface area contributed by atoms with Gasteiger partial charge in [0, 0.05) is 22.8 Å². The summed E-state index contributed by atoms with van der Waals surface area (Å²) in [6.45, 7) is 0. The molecule has 0 heterocycles. The van der Waals surface area contributed by atoms with E-state index in [0.29, 0.717) is 11.8 Å². The van der Waals surface area contributed by atoms with E-state index in [2.05, 4.69) is 0 Å². The molecule has 1 aliphatic carbocycles. The summed E-state index contributed by atoms with van der Waals surface area (Å²) in [5.74, 6) is -1.85. The highest BCUT2D eigenvalue weighted by Gasteiger charge is 2.30. The SMILES string of the molecule is O=Cc1ccccc1C1=CC(=O)c2c(O)cc(O)cc2C1=O. The van der Waals surface area contributed by atoms with E-state index in [1.807, 2.05) is 0 Å². The van der Waals surface area contributed by atoms with Gasteiger partial charge in [-0.05, 0) is 17.7 Å². The van der Waals surface area contributed by atoms with Gasteiger partial charge in [0.15, 0.2) is 17.9 Å². The minimum Gasteiger partial charge on any atom is -0.508 e. The quantitative estimate of drug-likeness (QED) is 0.830. The number of carbonyl (C=O) groups excluding carboxylic acids is 3. The van der Waals surface area contributed by atoms with E-state index in [1.54, 1.807) is 18.2 Å². The number of phenolic OH excluding ortho intramolecular Hbond substituents is 2. The number of rotatable bonds is 2. The van der Waals surface area contributed by atoms with Crippen molar-refractivity contribution in [3.63, 3.8) is 0 Å². The molecule has 0 saturated heterocycles. The lowest BCUT2D eigenvalue weighted by Gasteiger charge is -2.17. The molecule has 0 unspecified atom stereocenters. The molecule has 0 spiro atoms. The first-order chi connectivity index (χ1) is 10.5. The van der Waals surface area contributed by atoms with E-state index in [4.69, 9.17) is 0 Å². The molecule has 1 aliphatic rings. The molecule has 2 aromatic carbocycles. The maximum absolute atomic E-state index is 12.6. The van der Waals surface area contributed by atoms with Crippen LogP contribution in [0.25, 0.3) is 5.57 Å². The van der Waals surface area contributed by atoms with Crippen molar-refractivity contribution in [1.82, 2.24) is 0 Å². The lowest BCUT2D eigenvalue weighted by molar-refractivity contribution is 0.0998. The highest BCUT2D eigenvalue weighted by molar-refractivity contribution is 6.39. The fourth-order valence-electron chi connectivity index (χ4n) is 2.51. The van der Waals surface area contributed by atoms with Gasteiger partial charge in [-0.15, -0.1) is 0 Å². The summed E-state index contributed by atoms with van der Waals surface area (Å²) in [5.41, 5.74) is 0.452. The largest absolute Gasteiger partial charge is 0.508 e. The summed E-state index contributed by atoms with van der Waals surface area (Å²) >= 11 is 0. The number of allylic oxidation sites excluding steroid dienone is 2. The number of benzene rings is 2. The molecule has 22 heavy (non-hydrogen) atoms. The molecule has 0 radical (unpaired) electrons. The molecule has 0 saturated carbocycles. The molecule has 0 aliphatic heterocycles. The highest BCUT2D eigenvalue weighted by atomic mass is 16.3. The van der Waals surface area contributed by atoms with Crippen LogP contribution in [0.5, 0.6) is 11.5 Å². The standard InChI is InChI=1S/C17H10O5/c18-8-9-3-1-2-4-11(9)12-7-15(21)16-13(17(12)22)5-10(19)6-14(16)20/h1-8,19-20H. The average molecular weight is 294 g/mol. The Kier molecular flexibility index (Phi) is 3.10. The van der Waals surface area contributed by atoms with E-state index >= 15 is 0 Å². The Morgan fingerprint density at radius 2 is 1.68 bits per heavy atom. The molecule has 5 heteroatoms. The molecule has 0 aromatic heterocycles. The first-order valence-electron chi connectivity index (χ1n) is 6.44. The minimum absolute atomic E-state index is 0.0604. The second-order valence-corrected chi connectivity index (χ2v) is 4.84. The van der Waals surface area contributed by atoms with Gasteiger partial charge in [0.25, 0.3) is 0 Å². The Balaban J connectivity index is 2.24. The van der Waals surface area contributed by atoms with E-state index < -0.39 is 17.3 Å². The van der Waals surface area contributed by atoms with Gasteiger partial charge in [-0.2, -0.15) is 0 Å². The van der Waals surface area contributed by atoms with Crippen LogP contribution < -0.4 is 0 Å². The lowest BCUT2D eigenvalue weighted by atomic mass is 9.84. The maximum Gasteiger partial charge on any atom is 0.194 e. The molecular weight excluding hydrogens is 284 g/mol. The molecule has 0 amide bonds. The number of hydrogen-bond donors (Lipinski definition) is 2. The summed E-state index contributed by atoms with van der Waals surface area (Å²) in [6, 6.07) is 8.53. The molecule has 3 rings (SSSR count). The Hall–Kier alpha value is -3.21. The zero-order valence-electron chi connectivity index (χ0n) is 11.2. The van der Waals surface area contributed by atoms with Gasteiger partial charge in [0.1, 0.15) is 11.5 Å². The third kappa shape index (κ3) is 2.00. The third-order valence-electron chi connectivity index (χ3n) is 3.49. The van der Waals surface area contributed by atoms with E-state index in [0.717, 1.165) is 18.2 Å². The zero-order valence-corrected chi connectivity index (χ0v) is 11.2. The third-order valence-corrected chi connectivity index (χ3v) is 3.49. The zero-order chi connectivity index (χ0) is 15.9. The molecule has 2 aromatic rings. The van der Waals surface area contributed by atoms with Gasteiger partial charge in [-0.1, -0.05) is 24.3 Å². The predicted molar refractivity (Wildman–Crippen MR) is 78.2 cm³/mol. The summed E-state index contributed by atoms with van der Waals surface area (Å²) < 4.78 is 0. The summed E-state index contributed by atoms with van der Waals surface area (Å²) in [7, 11) is 0. The number of phenols is 2. The monoisotopic (exact) mass is 294 g/mol. The van der Waals surface area contributed by atoms with Crippen molar-refractivity contribution in [3.05, 3.63) is 64.7 Å². The fraction of sp³-hybridized carbons (Fsp3) is 0. The van der Waals surface area contributed by atoms with Crippen LogP contribution in [0.2, 0.25) is 0 Å². The number of aromatic hydroxyl groups is 2. The molecule has 108 valence electrons. The number of Topliss-reactive ketones (excluding diaryl/α,β-unsaturated/α-hetero) is 1. The second-order valence-electron chi connectivity index (χ2n) is 4.84. The van der Waals surface area contributed by atoms with Crippen LogP contribution in [0.3, 0.4) is 0 Å².